The first-order chi connectivity index (χ1) is 10.2. The van der Waals surface area contributed by atoms with E-state index in [-0.39, 0.29) is 30.3 Å². The highest BCUT2D eigenvalue weighted by molar-refractivity contribution is 5.85. The van der Waals surface area contributed by atoms with Crippen LogP contribution in [0, 0.1) is 17.8 Å². The molecule has 2 fully saturated rings. The van der Waals surface area contributed by atoms with Gasteiger partial charge in [-0.25, -0.2) is 0 Å². The number of halogens is 1. The van der Waals surface area contributed by atoms with Gasteiger partial charge in [-0.3, -0.25) is 4.79 Å². The lowest BCUT2D eigenvalue weighted by molar-refractivity contribution is -0.127. The fourth-order valence-electron chi connectivity index (χ4n) is 2.88. The summed E-state index contributed by atoms with van der Waals surface area (Å²) >= 11 is 0. The molecule has 0 spiro atoms. The summed E-state index contributed by atoms with van der Waals surface area (Å²) in [5.74, 6) is 2.21. The van der Waals surface area contributed by atoms with E-state index in [4.69, 9.17) is 4.74 Å². The zero-order valence-electron chi connectivity index (χ0n) is 13.2. The lowest BCUT2D eigenvalue weighted by Crippen LogP contribution is -2.50. The summed E-state index contributed by atoms with van der Waals surface area (Å²) in [6.07, 6.45) is 2.41. The Morgan fingerprint density at radius 1 is 1.23 bits per heavy atom. The van der Waals surface area contributed by atoms with Crippen LogP contribution >= 0.6 is 12.4 Å². The third-order valence-corrected chi connectivity index (χ3v) is 4.80. The maximum Gasteiger partial charge on any atom is 0.223 e. The first-order valence-corrected chi connectivity index (χ1v) is 7.84. The van der Waals surface area contributed by atoms with Gasteiger partial charge in [-0.2, -0.15) is 0 Å². The predicted molar refractivity (Wildman–Crippen MR) is 89.4 cm³/mol. The molecule has 2 unspecified atom stereocenters. The second-order valence-electron chi connectivity index (χ2n) is 6.30. The largest absolute Gasteiger partial charge is 0.497 e. The Kier molecular flexibility index (Phi) is 5.70. The van der Waals surface area contributed by atoms with Gasteiger partial charge < -0.3 is 15.4 Å². The van der Waals surface area contributed by atoms with E-state index < -0.39 is 0 Å². The van der Waals surface area contributed by atoms with Crippen LogP contribution in [-0.4, -0.2) is 26.1 Å². The predicted octanol–water partition coefficient (Wildman–Crippen LogP) is 2.54. The Hall–Kier alpha value is -1.26. The van der Waals surface area contributed by atoms with Gasteiger partial charge in [-0.15, -0.1) is 12.4 Å². The van der Waals surface area contributed by atoms with Crippen LogP contribution in [0.4, 0.5) is 0 Å². The summed E-state index contributed by atoms with van der Waals surface area (Å²) in [7, 11) is 1.67. The first kappa shape index (κ1) is 17.1. The fourth-order valence-corrected chi connectivity index (χ4v) is 2.88. The van der Waals surface area contributed by atoms with Crippen molar-refractivity contribution in [1.82, 2.24) is 10.6 Å². The van der Waals surface area contributed by atoms with E-state index in [1.54, 1.807) is 7.11 Å². The molecule has 1 amide bonds. The minimum atomic E-state index is 0. The minimum absolute atomic E-state index is 0. The smallest absolute Gasteiger partial charge is 0.223 e. The maximum absolute atomic E-state index is 12.5. The van der Waals surface area contributed by atoms with E-state index >= 15 is 0 Å². The number of carbonyl (C=O) groups is 1. The molecule has 5 heteroatoms. The van der Waals surface area contributed by atoms with Crippen molar-refractivity contribution in [2.24, 2.45) is 17.8 Å². The highest BCUT2D eigenvalue weighted by Crippen LogP contribution is 2.41. The monoisotopic (exact) mass is 324 g/mol. The number of methoxy groups -OCH3 is 1. The molecule has 1 aliphatic carbocycles. The molecule has 0 bridgehead atoms. The van der Waals surface area contributed by atoms with Crippen molar-refractivity contribution in [3.63, 3.8) is 0 Å². The number of rotatable bonds is 6. The third kappa shape index (κ3) is 3.73. The second kappa shape index (κ2) is 7.34. The molecule has 2 N–H and O–H groups in total. The van der Waals surface area contributed by atoms with Crippen LogP contribution in [0.5, 0.6) is 5.75 Å². The summed E-state index contributed by atoms with van der Waals surface area (Å²) in [4.78, 5) is 12.5. The van der Waals surface area contributed by atoms with Gasteiger partial charge in [0.05, 0.1) is 13.2 Å². The molecule has 1 aromatic carbocycles. The van der Waals surface area contributed by atoms with Crippen molar-refractivity contribution in [2.45, 2.75) is 25.8 Å². The van der Waals surface area contributed by atoms with E-state index in [0.717, 1.165) is 18.8 Å². The van der Waals surface area contributed by atoms with Crippen LogP contribution in [-0.2, 0) is 4.79 Å². The Labute approximate surface area is 138 Å². The first-order valence-electron chi connectivity index (χ1n) is 7.84. The van der Waals surface area contributed by atoms with Crippen molar-refractivity contribution < 1.29 is 9.53 Å². The molecular weight excluding hydrogens is 300 g/mol. The van der Waals surface area contributed by atoms with Crippen LogP contribution < -0.4 is 15.4 Å². The Morgan fingerprint density at radius 2 is 1.86 bits per heavy atom. The molecule has 3 rings (SSSR count). The molecule has 1 aromatic rings. The molecule has 4 nitrogen and oxygen atoms in total. The SMILES string of the molecule is COc1ccc(C(NC(=O)C(C)C2CNC2)C2CC2)cc1.Cl. The Balaban J connectivity index is 0.00000176. The molecule has 1 aliphatic heterocycles. The second-order valence-corrected chi connectivity index (χ2v) is 6.30. The molecule has 22 heavy (non-hydrogen) atoms. The number of nitrogens with one attached hydrogen (secondary N) is 2. The fraction of sp³-hybridized carbons (Fsp3) is 0.588. The van der Waals surface area contributed by atoms with Crippen LogP contribution in [0.1, 0.15) is 31.4 Å². The molecule has 2 aliphatic rings. The van der Waals surface area contributed by atoms with E-state index in [9.17, 15) is 4.79 Å². The number of amides is 1. The van der Waals surface area contributed by atoms with Gasteiger partial charge in [0.25, 0.3) is 0 Å². The molecule has 1 saturated heterocycles. The van der Waals surface area contributed by atoms with Gasteiger partial charge in [0.2, 0.25) is 5.91 Å². The number of carbonyl (C=O) groups excluding carboxylic acids is 1. The van der Waals surface area contributed by atoms with E-state index in [1.165, 1.54) is 18.4 Å². The van der Waals surface area contributed by atoms with Crippen LogP contribution in [0.2, 0.25) is 0 Å². The van der Waals surface area contributed by atoms with Crippen molar-refractivity contribution in [3.8, 4) is 5.75 Å². The van der Waals surface area contributed by atoms with E-state index in [0.29, 0.717) is 11.8 Å². The van der Waals surface area contributed by atoms with Crippen molar-refractivity contribution in [3.05, 3.63) is 29.8 Å². The van der Waals surface area contributed by atoms with Crippen molar-refractivity contribution >= 4 is 18.3 Å². The van der Waals surface area contributed by atoms with Gasteiger partial charge in [0, 0.05) is 5.92 Å². The highest BCUT2D eigenvalue weighted by atomic mass is 35.5. The Morgan fingerprint density at radius 3 is 2.32 bits per heavy atom. The lowest BCUT2D eigenvalue weighted by Gasteiger charge is -2.33. The third-order valence-electron chi connectivity index (χ3n) is 4.80. The number of hydrogen-bond donors (Lipinski definition) is 2. The molecule has 0 radical (unpaired) electrons. The Bertz CT molecular complexity index is 498. The number of hydrogen-bond acceptors (Lipinski definition) is 3. The topological polar surface area (TPSA) is 50.4 Å². The molecule has 122 valence electrons. The molecule has 1 saturated carbocycles. The van der Waals surface area contributed by atoms with Crippen LogP contribution in [0.3, 0.4) is 0 Å². The quantitative estimate of drug-likeness (QED) is 0.845. The van der Waals surface area contributed by atoms with Crippen molar-refractivity contribution in [2.75, 3.05) is 20.2 Å². The molecule has 0 aromatic heterocycles. The maximum atomic E-state index is 12.5. The summed E-state index contributed by atoms with van der Waals surface area (Å²) in [6.45, 7) is 3.97. The van der Waals surface area contributed by atoms with Gasteiger partial charge >= 0.3 is 0 Å². The normalized spacial score (nSPS) is 20.3. The van der Waals surface area contributed by atoms with Crippen LogP contribution in [0.25, 0.3) is 0 Å². The van der Waals surface area contributed by atoms with Crippen LogP contribution in [0.15, 0.2) is 24.3 Å². The number of ether oxygens (including phenoxy) is 1. The van der Waals surface area contributed by atoms with Gasteiger partial charge in [0.1, 0.15) is 5.75 Å². The van der Waals surface area contributed by atoms with Gasteiger partial charge in [0.15, 0.2) is 0 Å². The molecule has 2 atom stereocenters. The van der Waals surface area contributed by atoms with E-state index in [1.807, 2.05) is 19.1 Å². The lowest BCUT2D eigenvalue weighted by atomic mass is 9.88. The number of benzene rings is 1. The minimum Gasteiger partial charge on any atom is -0.497 e. The zero-order valence-corrected chi connectivity index (χ0v) is 14.0. The average Bonchev–Trinajstić information content (AvgIpc) is 3.27. The summed E-state index contributed by atoms with van der Waals surface area (Å²) in [5, 5.41) is 6.51. The molecule has 1 heterocycles. The van der Waals surface area contributed by atoms with E-state index in [2.05, 4.69) is 22.8 Å². The summed E-state index contributed by atoms with van der Waals surface area (Å²) in [6, 6.07) is 8.22. The van der Waals surface area contributed by atoms with Gasteiger partial charge in [-0.1, -0.05) is 19.1 Å². The highest BCUT2D eigenvalue weighted by Gasteiger charge is 2.36. The molecular formula is C17H25ClN2O2. The van der Waals surface area contributed by atoms with Gasteiger partial charge in [-0.05, 0) is 55.5 Å². The summed E-state index contributed by atoms with van der Waals surface area (Å²) < 4.78 is 5.20. The summed E-state index contributed by atoms with van der Waals surface area (Å²) in [5.41, 5.74) is 1.19. The zero-order chi connectivity index (χ0) is 14.8. The van der Waals surface area contributed by atoms with Crippen molar-refractivity contribution in [1.29, 1.82) is 0 Å². The standard InChI is InChI=1S/C17H24N2O2.ClH/c1-11(14-9-18-10-14)17(20)19-16(12-3-4-12)13-5-7-15(21-2)8-6-13;/h5-8,11-12,14,16,18H,3-4,9-10H2,1-2H3,(H,19,20);1H. The average molecular weight is 325 g/mol.